The number of carbonyl (C=O) groups excluding carboxylic acids is 1. The third-order valence-corrected chi connectivity index (χ3v) is 5.97. The molecule has 0 radical (unpaired) electrons. The van der Waals surface area contributed by atoms with Gasteiger partial charge in [-0.2, -0.15) is 0 Å². The van der Waals surface area contributed by atoms with Crippen molar-refractivity contribution in [3.05, 3.63) is 0 Å². The highest BCUT2D eigenvalue weighted by atomic mass is 32.2. The van der Waals surface area contributed by atoms with Crippen molar-refractivity contribution >= 4 is 32.4 Å². The summed E-state index contributed by atoms with van der Waals surface area (Å²) in [6.45, 7) is 3.03. The molecular weight excluding hydrogens is 290 g/mol. The minimum absolute atomic E-state index is 0.000587. The van der Waals surface area contributed by atoms with Crippen LogP contribution in [0.25, 0.3) is 0 Å². The third-order valence-electron chi connectivity index (χ3n) is 3.30. The summed E-state index contributed by atoms with van der Waals surface area (Å²) in [4.78, 5) is 10.8. The Kier molecular flexibility index (Phi) is 3.04. The molecular formula is C9H13N5O3S2. The van der Waals surface area contributed by atoms with Gasteiger partial charge >= 0.3 is 0 Å². The molecule has 1 aromatic rings. The second-order valence-corrected chi connectivity index (χ2v) is 7.55. The zero-order valence-electron chi connectivity index (χ0n) is 10.1. The van der Waals surface area contributed by atoms with Gasteiger partial charge in [0.05, 0.1) is 0 Å². The molecule has 1 saturated carbocycles. The summed E-state index contributed by atoms with van der Waals surface area (Å²) in [5, 5.41) is 13.0. The Labute approximate surface area is 114 Å². The van der Waals surface area contributed by atoms with Crippen molar-refractivity contribution < 1.29 is 13.2 Å². The van der Waals surface area contributed by atoms with Gasteiger partial charge in [0.15, 0.2) is 0 Å². The lowest BCUT2D eigenvalue weighted by atomic mass is 10.4. The Morgan fingerprint density at radius 3 is 2.68 bits per heavy atom. The second kappa shape index (κ2) is 4.47. The van der Waals surface area contributed by atoms with Crippen LogP contribution in [0.3, 0.4) is 0 Å². The van der Waals surface area contributed by atoms with Crippen LogP contribution in [-0.2, 0) is 14.8 Å². The fourth-order valence-electron chi connectivity index (χ4n) is 2.34. The monoisotopic (exact) mass is 303 g/mol. The lowest BCUT2D eigenvalue weighted by Gasteiger charge is -2.05. The van der Waals surface area contributed by atoms with Gasteiger partial charge in [-0.25, -0.2) is 13.1 Å². The molecule has 0 spiro atoms. The molecule has 1 aliphatic carbocycles. The first-order valence-corrected chi connectivity index (χ1v) is 8.11. The number of nitrogens with one attached hydrogen (secondary N) is 3. The van der Waals surface area contributed by atoms with E-state index in [2.05, 4.69) is 25.6 Å². The van der Waals surface area contributed by atoms with Gasteiger partial charge < -0.3 is 10.6 Å². The molecule has 0 aromatic carbocycles. The van der Waals surface area contributed by atoms with Crippen LogP contribution >= 0.6 is 11.3 Å². The van der Waals surface area contributed by atoms with Crippen LogP contribution in [0, 0.1) is 11.8 Å². The number of rotatable bonds is 4. The SMILES string of the molecule is CC(=O)Nc1nnc(S(=O)(=O)NC2C3CNCC32)s1. The van der Waals surface area contributed by atoms with E-state index in [0.717, 1.165) is 24.4 Å². The quantitative estimate of drug-likeness (QED) is 0.614. The first-order chi connectivity index (χ1) is 8.97. The van der Waals surface area contributed by atoms with Crippen molar-refractivity contribution in [2.45, 2.75) is 17.3 Å². The average Bonchev–Trinajstić information content (AvgIpc) is 2.77. The summed E-state index contributed by atoms with van der Waals surface area (Å²) < 4.78 is 26.7. The number of piperidine rings is 1. The van der Waals surface area contributed by atoms with Crippen molar-refractivity contribution in [1.82, 2.24) is 20.2 Å². The molecule has 2 unspecified atom stereocenters. The van der Waals surface area contributed by atoms with Gasteiger partial charge in [0.1, 0.15) is 0 Å². The molecule has 2 fully saturated rings. The van der Waals surface area contributed by atoms with E-state index < -0.39 is 10.0 Å². The Balaban J connectivity index is 1.70. The third kappa shape index (κ3) is 2.48. The van der Waals surface area contributed by atoms with E-state index in [-0.39, 0.29) is 21.4 Å². The topological polar surface area (TPSA) is 113 Å². The molecule has 8 nitrogen and oxygen atoms in total. The first kappa shape index (κ1) is 12.9. The summed E-state index contributed by atoms with van der Waals surface area (Å²) in [7, 11) is -3.64. The van der Waals surface area contributed by atoms with Crippen molar-refractivity contribution in [1.29, 1.82) is 0 Å². The zero-order chi connectivity index (χ0) is 13.6. The highest BCUT2D eigenvalue weighted by molar-refractivity contribution is 7.91. The molecule has 104 valence electrons. The number of hydrogen-bond acceptors (Lipinski definition) is 7. The van der Waals surface area contributed by atoms with Crippen LogP contribution in [0.15, 0.2) is 4.34 Å². The van der Waals surface area contributed by atoms with E-state index >= 15 is 0 Å². The highest BCUT2D eigenvalue weighted by Crippen LogP contribution is 2.42. The lowest BCUT2D eigenvalue weighted by Crippen LogP contribution is -2.32. The molecule has 1 saturated heterocycles. The largest absolute Gasteiger partial charge is 0.316 e. The summed E-state index contributed by atoms with van der Waals surface area (Å²) in [5.41, 5.74) is 0. The fraction of sp³-hybridized carbons (Fsp3) is 0.667. The number of sulfonamides is 1. The molecule has 2 atom stereocenters. The van der Waals surface area contributed by atoms with E-state index in [1.165, 1.54) is 6.92 Å². The smallest absolute Gasteiger partial charge is 0.270 e. The van der Waals surface area contributed by atoms with Gasteiger partial charge in [0, 0.05) is 13.0 Å². The maximum atomic E-state index is 12.1. The van der Waals surface area contributed by atoms with Gasteiger partial charge in [0.2, 0.25) is 15.4 Å². The van der Waals surface area contributed by atoms with Crippen LogP contribution in [0.2, 0.25) is 0 Å². The number of amides is 1. The average molecular weight is 303 g/mol. The molecule has 2 heterocycles. The van der Waals surface area contributed by atoms with Crippen molar-refractivity contribution in [3.8, 4) is 0 Å². The van der Waals surface area contributed by atoms with Gasteiger partial charge in [-0.15, -0.1) is 10.2 Å². The molecule has 1 aliphatic heterocycles. The number of anilines is 1. The minimum atomic E-state index is -3.64. The fourth-order valence-corrected chi connectivity index (χ4v) is 4.64. The normalized spacial score (nSPS) is 29.0. The molecule has 1 amide bonds. The molecule has 3 N–H and O–H groups in total. The Bertz CT molecular complexity index is 603. The first-order valence-electron chi connectivity index (χ1n) is 5.81. The van der Waals surface area contributed by atoms with Crippen LogP contribution in [0.4, 0.5) is 5.13 Å². The summed E-state index contributed by atoms with van der Waals surface area (Å²) in [6.07, 6.45) is 0. The number of hydrogen-bond donors (Lipinski definition) is 3. The molecule has 19 heavy (non-hydrogen) atoms. The maximum Gasteiger partial charge on any atom is 0.270 e. The predicted octanol–water partition coefficient (Wildman–Crippen LogP) is -1.01. The lowest BCUT2D eigenvalue weighted by molar-refractivity contribution is -0.114. The second-order valence-electron chi connectivity index (χ2n) is 4.69. The molecule has 0 bridgehead atoms. The summed E-state index contributed by atoms with van der Waals surface area (Å²) >= 11 is 0.846. The molecule has 10 heteroatoms. The standard InChI is InChI=1S/C9H13N5O3S2/c1-4(15)11-8-12-13-9(18-8)19(16,17)14-7-5-2-10-3-6(5)7/h5-7,10,14H,2-3H2,1H3,(H,11,12,15). The van der Waals surface area contributed by atoms with E-state index in [1.807, 2.05) is 0 Å². The maximum absolute atomic E-state index is 12.1. The number of carbonyl (C=O) groups is 1. The number of fused-ring (bicyclic) bond motifs is 1. The molecule has 3 rings (SSSR count). The number of aromatic nitrogens is 2. The Morgan fingerprint density at radius 2 is 2.05 bits per heavy atom. The van der Waals surface area contributed by atoms with Crippen LogP contribution in [-0.4, -0.2) is 43.7 Å². The summed E-state index contributed by atoms with van der Waals surface area (Å²) in [6, 6.07) is -0.000587. The van der Waals surface area contributed by atoms with Crippen molar-refractivity contribution in [3.63, 3.8) is 0 Å². The van der Waals surface area contributed by atoms with Crippen LogP contribution < -0.4 is 15.4 Å². The zero-order valence-corrected chi connectivity index (χ0v) is 11.7. The van der Waals surface area contributed by atoms with E-state index in [1.54, 1.807) is 0 Å². The van der Waals surface area contributed by atoms with Crippen molar-refractivity contribution in [2.75, 3.05) is 18.4 Å². The van der Waals surface area contributed by atoms with Gasteiger partial charge in [-0.05, 0) is 24.9 Å². The van der Waals surface area contributed by atoms with Crippen LogP contribution in [0.1, 0.15) is 6.92 Å². The predicted molar refractivity (Wildman–Crippen MR) is 68.2 cm³/mol. The molecule has 2 aliphatic rings. The van der Waals surface area contributed by atoms with E-state index in [9.17, 15) is 13.2 Å². The minimum Gasteiger partial charge on any atom is -0.316 e. The summed E-state index contributed by atoms with van der Waals surface area (Å²) in [5.74, 6) is 0.464. The van der Waals surface area contributed by atoms with E-state index in [4.69, 9.17) is 0 Å². The van der Waals surface area contributed by atoms with Gasteiger partial charge in [-0.1, -0.05) is 11.3 Å². The molecule has 1 aromatic heterocycles. The highest BCUT2D eigenvalue weighted by Gasteiger charge is 2.54. The van der Waals surface area contributed by atoms with Gasteiger partial charge in [0.25, 0.3) is 10.0 Å². The van der Waals surface area contributed by atoms with E-state index in [0.29, 0.717) is 11.8 Å². The number of nitrogens with zero attached hydrogens (tertiary/aromatic N) is 2. The van der Waals surface area contributed by atoms with Crippen LogP contribution in [0.5, 0.6) is 0 Å². The Morgan fingerprint density at radius 1 is 1.37 bits per heavy atom. The Hall–Kier alpha value is -1.10. The van der Waals surface area contributed by atoms with Crippen molar-refractivity contribution in [2.24, 2.45) is 11.8 Å². The van der Waals surface area contributed by atoms with Gasteiger partial charge in [-0.3, -0.25) is 4.79 Å².